The first-order valence-corrected chi connectivity index (χ1v) is 11.4. The van der Waals surface area contributed by atoms with Crippen molar-refractivity contribution in [2.75, 3.05) is 33.5 Å². The van der Waals surface area contributed by atoms with Gasteiger partial charge in [0.25, 0.3) is 0 Å². The van der Waals surface area contributed by atoms with Gasteiger partial charge in [-0.25, -0.2) is 0 Å². The first-order chi connectivity index (χ1) is 14.2. The number of allylic oxidation sites excluding steroid dienone is 1. The molecule has 5 nitrogen and oxygen atoms in total. The van der Waals surface area contributed by atoms with Gasteiger partial charge in [-0.2, -0.15) is 0 Å². The van der Waals surface area contributed by atoms with Gasteiger partial charge in [-0.1, -0.05) is 17.7 Å². The molecule has 0 amide bonds. The van der Waals surface area contributed by atoms with Crippen LogP contribution in [0.3, 0.4) is 0 Å². The van der Waals surface area contributed by atoms with Gasteiger partial charge < -0.3 is 24.6 Å². The highest BCUT2D eigenvalue weighted by Gasteiger charge is 2.26. The molecule has 2 heterocycles. The molecule has 2 aliphatic heterocycles. The van der Waals surface area contributed by atoms with Gasteiger partial charge >= 0.3 is 0 Å². The lowest BCUT2D eigenvalue weighted by Crippen LogP contribution is -2.49. The fourth-order valence-corrected chi connectivity index (χ4v) is 4.79. The second-order valence-corrected chi connectivity index (χ2v) is 8.83. The number of thiocarbonyl (C=S) groups is 1. The third kappa shape index (κ3) is 5.43. The first-order valence-electron chi connectivity index (χ1n) is 11.0. The van der Waals surface area contributed by atoms with Crippen LogP contribution in [0.25, 0.3) is 0 Å². The number of fused-ring (bicyclic) bond motifs is 1. The van der Waals surface area contributed by atoms with Crippen LogP contribution in [0.5, 0.6) is 11.5 Å². The van der Waals surface area contributed by atoms with Crippen LogP contribution in [0, 0.1) is 0 Å². The van der Waals surface area contributed by atoms with E-state index in [0.717, 1.165) is 62.1 Å². The average molecular weight is 416 g/mol. The second kappa shape index (κ2) is 9.81. The van der Waals surface area contributed by atoms with Gasteiger partial charge in [-0.3, -0.25) is 0 Å². The molecule has 0 atom stereocenters. The van der Waals surface area contributed by atoms with Crippen LogP contribution < -0.4 is 14.8 Å². The summed E-state index contributed by atoms with van der Waals surface area (Å²) in [7, 11) is 2.20. The van der Waals surface area contributed by atoms with Crippen molar-refractivity contribution in [1.82, 2.24) is 15.1 Å². The minimum absolute atomic E-state index is 0.313. The summed E-state index contributed by atoms with van der Waals surface area (Å²) in [5.74, 6) is 1.68. The molecule has 0 unspecified atom stereocenters. The fraction of sp³-hybridized carbons (Fsp3) is 0.609. The molecule has 158 valence electrons. The molecule has 1 fully saturated rings. The molecule has 0 saturated carbocycles. The molecule has 4 rings (SSSR count). The van der Waals surface area contributed by atoms with Gasteiger partial charge in [0.1, 0.15) is 0 Å². The highest BCUT2D eigenvalue weighted by molar-refractivity contribution is 7.80. The standard InChI is InChI=1S/C23H33N3O2S/c1-25-13-10-20(11-14-25)26(16-19-7-8-21-22(15-19)28-17-27-21)23(29)24-12-9-18-5-3-2-4-6-18/h5,7-8,15,20H,2-4,6,9-14,16-17H2,1H3,(H,24,29). The smallest absolute Gasteiger partial charge is 0.231 e. The Kier molecular flexibility index (Phi) is 6.93. The van der Waals surface area contributed by atoms with Crippen LogP contribution >= 0.6 is 12.2 Å². The van der Waals surface area contributed by atoms with Crippen molar-refractivity contribution in [3.05, 3.63) is 35.4 Å². The minimum Gasteiger partial charge on any atom is -0.454 e. The highest BCUT2D eigenvalue weighted by atomic mass is 32.1. The third-order valence-corrected chi connectivity index (χ3v) is 6.67. The summed E-state index contributed by atoms with van der Waals surface area (Å²) in [5.41, 5.74) is 2.81. The SMILES string of the molecule is CN1CCC(N(Cc2ccc3c(c2)OCO3)C(=S)NCCC2=CCCCC2)CC1. The van der Waals surface area contributed by atoms with Gasteiger partial charge in [0, 0.05) is 19.1 Å². The van der Waals surface area contributed by atoms with Crippen LogP contribution in [-0.4, -0.2) is 54.4 Å². The summed E-state index contributed by atoms with van der Waals surface area (Å²) >= 11 is 5.88. The number of benzene rings is 1. The molecule has 1 aliphatic carbocycles. The predicted octanol–water partition coefficient (Wildman–Crippen LogP) is 4.08. The Morgan fingerprint density at radius 2 is 2.03 bits per heavy atom. The van der Waals surface area contributed by atoms with Gasteiger partial charge in [-0.05, 0) is 95.0 Å². The van der Waals surface area contributed by atoms with E-state index in [4.69, 9.17) is 21.7 Å². The summed E-state index contributed by atoms with van der Waals surface area (Å²) in [6, 6.07) is 6.71. The number of ether oxygens (including phenoxy) is 2. The Hall–Kier alpha value is -1.79. The summed E-state index contributed by atoms with van der Waals surface area (Å²) in [5, 5.41) is 4.44. The lowest BCUT2D eigenvalue weighted by molar-refractivity contribution is 0.170. The summed E-state index contributed by atoms with van der Waals surface area (Å²) in [4.78, 5) is 4.80. The highest BCUT2D eigenvalue weighted by Crippen LogP contribution is 2.33. The zero-order chi connectivity index (χ0) is 20.1. The molecule has 1 saturated heterocycles. The molecule has 3 aliphatic rings. The normalized spacial score (nSPS) is 19.7. The number of piperidine rings is 1. The van der Waals surface area contributed by atoms with E-state index in [1.165, 1.54) is 31.2 Å². The molecule has 0 spiro atoms. The van der Waals surface area contributed by atoms with Gasteiger partial charge in [0.2, 0.25) is 6.79 Å². The van der Waals surface area contributed by atoms with Crippen LogP contribution in [-0.2, 0) is 6.54 Å². The predicted molar refractivity (Wildman–Crippen MR) is 120 cm³/mol. The van der Waals surface area contributed by atoms with Crippen LogP contribution in [0.2, 0.25) is 0 Å². The first kappa shape index (κ1) is 20.5. The van der Waals surface area contributed by atoms with Crippen LogP contribution in [0.4, 0.5) is 0 Å². The Labute approximate surface area is 180 Å². The van der Waals surface area contributed by atoms with E-state index in [2.05, 4.69) is 40.4 Å². The lowest BCUT2D eigenvalue weighted by Gasteiger charge is -2.39. The Bertz CT molecular complexity index is 744. The molecule has 6 heteroatoms. The van der Waals surface area contributed by atoms with E-state index in [-0.39, 0.29) is 0 Å². The summed E-state index contributed by atoms with van der Waals surface area (Å²) in [6.07, 6.45) is 11.0. The molecule has 0 radical (unpaired) electrons. The molecule has 0 bridgehead atoms. The maximum Gasteiger partial charge on any atom is 0.231 e. The molecular formula is C23H33N3O2S. The number of likely N-dealkylation sites (tertiary alicyclic amines) is 1. The van der Waals surface area contributed by atoms with E-state index in [9.17, 15) is 0 Å². The quantitative estimate of drug-likeness (QED) is 0.557. The van der Waals surface area contributed by atoms with Crippen molar-refractivity contribution in [1.29, 1.82) is 0 Å². The van der Waals surface area contributed by atoms with Crippen molar-refractivity contribution in [3.8, 4) is 11.5 Å². The molecule has 1 N–H and O–H groups in total. The Balaban J connectivity index is 1.40. The second-order valence-electron chi connectivity index (χ2n) is 8.44. The van der Waals surface area contributed by atoms with E-state index in [1.54, 1.807) is 5.57 Å². The number of hydrogen-bond donors (Lipinski definition) is 1. The van der Waals surface area contributed by atoms with Gasteiger partial charge in [0.15, 0.2) is 16.6 Å². The number of nitrogens with one attached hydrogen (secondary N) is 1. The Morgan fingerprint density at radius 1 is 1.21 bits per heavy atom. The Morgan fingerprint density at radius 3 is 2.83 bits per heavy atom. The number of rotatable bonds is 6. The van der Waals surface area contributed by atoms with Crippen LogP contribution in [0.15, 0.2) is 29.8 Å². The maximum atomic E-state index is 5.88. The van der Waals surface area contributed by atoms with Crippen LogP contribution in [0.1, 0.15) is 50.5 Å². The summed E-state index contributed by atoms with van der Waals surface area (Å²) in [6.45, 7) is 4.29. The molecule has 1 aromatic rings. The van der Waals surface area contributed by atoms with E-state index >= 15 is 0 Å². The monoisotopic (exact) mass is 415 g/mol. The molecule has 1 aromatic carbocycles. The van der Waals surface area contributed by atoms with Crippen molar-refractivity contribution in [3.63, 3.8) is 0 Å². The summed E-state index contributed by atoms with van der Waals surface area (Å²) < 4.78 is 11.0. The zero-order valence-corrected chi connectivity index (χ0v) is 18.3. The van der Waals surface area contributed by atoms with Gasteiger partial charge in [-0.15, -0.1) is 0 Å². The zero-order valence-electron chi connectivity index (χ0n) is 17.5. The largest absolute Gasteiger partial charge is 0.454 e. The third-order valence-electron chi connectivity index (χ3n) is 6.29. The van der Waals surface area contributed by atoms with Crippen molar-refractivity contribution in [2.24, 2.45) is 0 Å². The minimum atomic E-state index is 0.313. The molecule has 29 heavy (non-hydrogen) atoms. The van der Waals surface area contributed by atoms with Gasteiger partial charge in [0.05, 0.1) is 0 Å². The van der Waals surface area contributed by atoms with Crippen molar-refractivity contribution < 1.29 is 9.47 Å². The number of hydrogen-bond acceptors (Lipinski definition) is 4. The molecule has 0 aromatic heterocycles. The van der Waals surface area contributed by atoms with E-state index in [0.29, 0.717) is 12.8 Å². The van der Waals surface area contributed by atoms with E-state index in [1.807, 2.05) is 6.07 Å². The fourth-order valence-electron chi connectivity index (χ4n) is 4.47. The lowest BCUT2D eigenvalue weighted by atomic mass is 9.97. The average Bonchev–Trinajstić information content (AvgIpc) is 3.21. The molecular weight excluding hydrogens is 382 g/mol. The van der Waals surface area contributed by atoms with Crippen molar-refractivity contribution in [2.45, 2.75) is 57.5 Å². The topological polar surface area (TPSA) is 37.0 Å². The number of nitrogens with zero attached hydrogens (tertiary/aromatic N) is 2. The maximum absolute atomic E-state index is 5.88. The van der Waals surface area contributed by atoms with E-state index < -0.39 is 0 Å². The van der Waals surface area contributed by atoms with Crippen molar-refractivity contribution >= 4 is 17.3 Å².